The molecule has 4 rings (SSSR count). The van der Waals surface area contributed by atoms with Gasteiger partial charge in [0.25, 0.3) is 0 Å². The first-order valence-electron chi connectivity index (χ1n) is 12.5. The van der Waals surface area contributed by atoms with E-state index in [4.69, 9.17) is 4.74 Å². The summed E-state index contributed by atoms with van der Waals surface area (Å²) >= 11 is 1.70. The number of ether oxygens (including phenoxy) is 1. The third kappa shape index (κ3) is 6.99. The van der Waals surface area contributed by atoms with Gasteiger partial charge in [0.05, 0.1) is 23.7 Å². The first-order chi connectivity index (χ1) is 17.0. The molecule has 1 aromatic carbocycles. The maximum Gasteiger partial charge on any atom is 0.303 e. The fraction of sp³-hybridized carbons (Fsp3) is 0.519. The molecule has 188 valence electrons. The number of aliphatic hydroxyl groups excluding tert-OH is 1. The highest BCUT2D eigenvalue weighted by Gasteiger charge is 2.31. The van der Waals surface area contributed by atoms with Crippen molar-refractivity contribution in [1.29, 1.82) is 0 Å². The second kappa shape index (κ2) is 12.4. The number of rotatable bonds is 12. The van der Waals surface area contributed by atoms with Gasteiger partial charge in [0.1, 0.15) is 5.75 Å². The van der Waals surface area contributed by atoms with Gasteiger partial charge in [-0.3, -0.25) is 9.78 Å². The summed E-state index contributed by atoms with van der Waals surface area (Å²) in [7, 11) is 1.63. The van der Waals surface area contributed by atoms with E-state index >= 15 is 0 Å². The Hall–Kier alpha value is -2.55. The molecule has 0 spiro atoms. The van der Waals surface area contributed by atoms with Crippen molar-refractivity contribution in [3.05, 3.63) is 52.6 Å². The maximum atomic E-state index is 11.6. The molecule has 8 heteroatoms. The number of aryl methyl sites for hydroxylation is 1. The molecule has 3 atom stereocenters. The number of carboxylic acids is 1. The van der Waals surface area contributed by atoms with Crippen molar-refractivity contribution >= 4 is 28.2 Å². The molecule has 0 aliphatic carbocycles. The Balaban J connectivity index is 1.32. The SMILES string of the molecule is COc1ccc2nccc(C(O)CC[C@@H]3CCN(CCCCc4nccs4)C[C@@H]3CC(=O)O)c2c1. The van der Waals surface area contributed by atoms with Crippen LogP contribution in [-0.2, 0) is 11.2 Å². The highest BCUT2D eigenvalue weighted by Crippen LogP contribution is 2.34. The summed E-state index contributed by atoms with van der Waals surface area (Å²) in [6, 6.07) is 7.56. The molecule has 1 aliphatic rings. The second-order valence-corrected chi connectivity index (χ2v) is 10.4. The number of aromatic nitrogens is 2. The lowest BCUT2D eigenvalue weighted by Crippen LogP contribution is -2.41. The Morgan fingerprint density at radius 3 is 2.89 bits per heavy atom. The van der Waals surface area contributed by atoms with E-state index in [1.54, 1.807) is 24.6 Å². The van der Waals surface area contributed by atoms with Crippen LogP contribution in [0.1, 0.15) is 55.2 Å². The van der Waals surface area contributed by atoms with Gasteiger partial charge in [0.15, 0.2) is 0 Å². The zero-order valence-corrected chi connectivity index (χ0v) is 21.1. The summed E-state index contributed by atoms with van der Waals surface area (Å²) in [6.07, 6.45) is 8.75. The normalized spacial score (nSPS) is 19.6. The van der Waals surface area contributed by atoms with E-state index in [1.165, 1.54) is 5.01 Å². The number of piperidine rings is 1. The molecule has 0 saturated carbocycles. The van der Waals surface area contributed by atoms with Gasteiger partial charge < -0.3 is 19.8 Å². The van der Waals surface area contributed by atoms with E-state index in [-0.39, 0.29) is 12.3 Å². The predicted octanol–water partition coefficient (Wildman–Crippen LogP) is 4.95. The predicted molar refractivity (Wildman–Crippen MR) is 138 cm³/mol. The summed E-state index contributed by atoms with van der Waals surface area (Å²) in [4.78, 5) is 22.8. The molecule has 2 N–H and O–H groups in total. The van der Waals surface area contributed by atoms with Gasteiger partial charge >= 0.3 is 5.97 Å². The molecule has 0 amide bonds. The van der Waals surface area contributed by atoms with Crippen LogP contribution in [-0.4, -0.2) is 57.8 Å². The quantitative estimate of drug-likeness (QED) is 0.342. The fourth-order valence-electron chi connectivity index (χ4n) is 5.27. The van der Waals surface area contributed by atoms with E-state index in [0.29, 0.717) is 12.3 Å². The fourth-order valence-corrected chi connectivity index (χ4v) is 5.94. The van der Waals surface area contributed by atoms with Crippen LogP contribution in [0.15, 0.2) is 42.0 Å². The average Bonchev–Trinajstić information content (AvgIpc) is 3.38. The highest BCUT2D eigenvalue weighted by molar-refractivity contribution is 7.09. The lowest BCUT2D eigenvalue weighted by Gasteiger charge is -2.38. The van der Waals surface area contributed by atoms with Crippen LogP contribution < -0.4 is 4.74 Å². The number of nitrogens with zero attached hydrogens (tertiary/aromatic N) is 3. The number of hydrogen-bond donors (Lipinski definition) is 2. The molecule has 0 radical (unpaired) electrons. The van der Waals surface area contributed by atoms with Crippen LogP contribution >= 0.6 is 11.3 Å². The lowest BCUT2D eigenvalue weighted by atomic mass is 9.79. The molecule has 1 fully saturated rings. The molecule has 3 aromatic rings. The zero-order chi connectivity index (χ0) is 24.6. The Kier molecular flexibility index (Phi) is 9.06. The minimum atomic E-state index is -0.738. The van der Waals surface area contributed by atoms with Crippen LogP contribution in [0.25, 0.3) is 10.9 Å². The number of fused-ring (bicyclic) bond motifs is 1. The topological polar surface area (TPSA) is 95.8 Å². The largest absolute Gasteiger partial charge is 0.497 e. The van der Waals surface area contributed by atoms with Crippen LogP contribution in [0.3, 0.4) is 0 Å². The third-order valence-corrected chi connectivity index (χ3v) is 8.00. The smallest absolute Gasteiger partial charge is 0.303 e. The van der Waals surface area contributed by atoms with Gasteiger partial charge in [-0.1, -0.05) is 0 Å². The Morgan fingerprint density at radius 2 is 2.11 bits per heavy atom. The molecule has 7 nitrogen and oxygen atoms in total. The average molecular weight is 498 g/mol. The zero-order valence-electron chi connectivity index (χ0n) is 20.3. The Bertz CT molecular complexity index is 1090. The lowest BCUT2D eigenvalue weighted by molar-refractivity contribution is -0.139. The van der Waals surface area contributed by atoms with E-state index in [0.717, 1.165) is 74.0 Å². The summed E-state index contributed by atoms with van der Waals surface area (Å²) in [5, 5.41) is 24.7. The third-order valence-electron chi connectivity index (χ3n) is 7.16. The molecule has 35 heavy (non-hydrogen) atoms. The van der Waals surface area contributed by atoms with Crippen molar-refractivity contribution in [2.45, 2.75) is 51.0 Å². The van der Waals surface area contributed by atoms with Gasteiger partial charge in [-0.05, 0) is 93.3 Å². The van der Waals surface area contributed by atoms with Crippen LogP contribution in [0.4, 0.5) is 0 Å². The number of carboxylic acid groups (broad SMARTS) is 1. The first kappa shape index (κ1) is 25.5. The van der Waals surface area contributed by atoms with Crippen LogP contribution in [0.5, 0.6) is 5.75 Å². The molecule has 1 unspecified atom stereocenters. The van der Waals surface area contributed by atoms with Gasteiger partial charge in [0, 0.05) is 36.1 Å². The van der Waals surface area contributed by atoms with Crippen molar-refractivity contribution in [3.8, 4) is 5.75 Å². The number of benzene rings is 1. The van der Waals surface area contributed by atoms with Crippen molar-refractivity contribution < 1.29 is 19.7 Å². The van der Waals surface area contributed by atoms with E-state index in [1.807, 2.05) is 35.8 Å². The number of aliphatic hydroxyl groups is 1. The van der Waals surface area contributed by atoms with Gasteiger partial charge in [0.2, 0.25) is 0 Å². The Labute approximate surface area is 210 Å². The van der Waals surface area contributed by atoms with E-state index < -0.39 is 12.1 Å². The minimum absolute atomic E-state index is 0.113. The van der Waals surface area contributed by atoms with Crippen molar-refractivity contribution in [2.75, 3.05) is 26.7 Å². The standard InChI is InChI=1S/C27H35N3O4S/c1-34-21-6-7-24-23(17-21)22(9-11-28-24)25(31)8-5-19-10-14-30(18-20(19)16-27(32)33)13-3-2-4-26-29-12-15-35-26/h6-7,9,11-12,15,17,19-20,25,31H,2-5,8,10,13-14,16,18H2,1H3,(H,32,33)/t19-,20+,25?/m1/s1. The maximum absolute atomic E-state index is 11.6. The summed E-state index contributed by atoms with van der Waals surface area (Å²) in [6.45, 7) is 2.81. The number of likely N-dealkylation sites (tertiary alicyclic amines) is 1. The van der Waals surface area contributed by atoms with Crippen molar-refractivity contribution in [1.82, 2.24) is 14.9 Å². The number of hydrogen-bond acceptors (Lipinski definition) is 7. The molecular formula is C27H35N3O4S. The molecule has 2 aromatic heterocycles. The molecule has 1 saturated heterocycles. The number of carbonyl (C=O) groups is 1. The summed E-state index contributed by atoms with van der Waals surface area (Å²) in [5.74, 6) is 0.412. The monoisotopic (exact) mass is 497 g/mol. The van der Waals surface area contributed by atoms with Gasteiger partial charge in [-0.2, -0.15) is 0 Å². The first-order valence-corrected chi connectivity index (χ1v) is 13.3. The second-order valence-electron chi connectivity index (χ2n) is 9.47. The number of thiazole rings is 1. The van der Waals surface area contributed by atoms with E-state index in [2.05, 4.69) is 14.9 Å². The van der Waals surface area contributed by atoms with E-state index in [9.17, 15) is 15.0 Å². The van der Waals surface area contributed by atoms with Gasteiger partial charge in [-0.25, -0.2) is 4.98 Å². The Morgan fingerprint density at radius 1 is 1.23 bits per heavy atom. The number of aliphatic carboxylic acids is 1. The molecule has 0 bridgehead atoms. The number of pyridine rings is 1. The van der Waals surface area contributed by atoms with Crippen LogP contribution in [0, 0.1) is 11.8 Å². The minimum Gasteiger partial charge on any atom is -0.497 e. The number of methoxy groups -OCH3 is 1. The van der Waals surface area contributed by atoms with Gasteiger partial charge in [-0.15, -0.1) is 11.3 Å². The molecule has 3 heterocycles. The van der Waals surface area contributed by atoms with Crippen LogP contribution in [0.2, 0.25) is 0 Å². The van der Waals surface area contributed by atoms with Crippen molar-refractivity contribution in [2.24, 2.45) is 11.8 Å². The van der Waals surface area contributed by atoms with Crippen molar-refractivity contribution in [3.63, 3.8) is 0 Å². The summed E-state index contributed by atoms with van der Waals surface area (Å²) in [5.41, 5.74) is 1.68. The molecule has 1 aliphatic heterocycles. The highest BCUT2D eigenvalue weighted by atomic mass is 32.1. The molecular weight excluding hydrogens is 462 g/mol. The number of unbranched alkanes of at least 4 members (excludes halogenated alkanes) is 1. The summed E-state index contributed by atoms with van der Waals surface area (Å²) < 4.78 is 5.35.